The molecule has 0 aromatic heterocycles. The standard InChI is InChI=1S/C20H25N3O3S.ClH/c1-15-5-3-4-6-19(15)22-27(25,26)18-9-7-16(8-10-18)20(24)23(2)17-11-13-21-14-12-17;/h3-10,17,21-22H,11-14H2,1-2H3;1H. The van der Waals surface area contributed by atoms with Crippen molar-refractivity contribution >= 4 is 34.0 Å². The van der Waals surface area contributed by atoms with Crippen LogP contribution in [0.4, 0.5) is 5.69 Å². The number of rotatable bonds is 5. The van der Waals surface area contributed by atoms with Crippen molar-refractivity contribution in [2.24, 2.45) is 0 Å². The van der Waals surface area contributed by atoms with E-state index < -0.39 is 10.0 Å². The van der Waals surface area contributed by atoms with Crippen molar-refractivity contribution in [3.8, 4) is 0 Å². The lowest BCUT2D eigenvalue weighted by Crippen LogP contribution is -2.43. The van der Waals surface area contributed by atoms with Gasteiger partial charge in [0.2, 0.25) is 0 Å². The number of piperidine rings is 1. The number of nitrogens with one attached hydrogen (secondary N) is 2. The molecule has 152 valence electrons. The number of carbonyl (C=O) groups is 1. The van der Waals surface area contributed by atoms with Gasteiger partial charge in [-0.25, -0.2) is 8.42 Å². The van der Waals surface area contributed by atoms with Crippen LogP contribution in [0.5, 0.6) is 0 Å². The molecule has 1 heterocycles. The molecule has 0 atom stereocenters. The molecule has 2 aromatic carbocycles. The van der Waals surface area contributed by atoms with E-state index in [9.17, 15) is 13.2 Å². The first-order chi connectivity index (χ1) is 12.9. The third-order valence-electron chi connectivity index (χ3n) is 4.98. The number of carbonyl (C=O) groups excluding carboxylic acids is 1. The maximum absolute atomic E-state index is 12.7. The Morgan fingerprint density at radius 3 is 2.29 bits per heavy atom. The first-order valence-electron chi connectivity index (χ1n) is 9.05. The molecule has 2 N–H and O–H groups in total. The lowest BCUT2D eigenvalue weighted by molar-refractivity contribution is 0.0703. The summed E-state index contributed by atoms with van der Waals surface area (Å²) in [4.78, 5) is 14.6. The molecule has 6 nitrogen and oxygen atoms in total. The number of anilines is 1. The maximum atomic E-state index is 12.7. The van der Waals surface area contributed by atoms with E-state index >= 15 is 0 Å². The first kappa shape index (κ1) is 22.2. The SMILES string of the molecule is Cc1ccccc1NS(=O)(=O)c1ccc(C(=O)N(C)C2CCNCC2)cc1.Cl. The summed E-state index contributed by atoms with van der Waals surface area (Å²) in [7, 11) is -1.89. The van der Waals surface area contributed by atoms with E-state index in [1.807, 2.05) is 26.1 Å². The van der Waals surface area contributed by atoms with Gasteiger partial charge in [0.05, 0.1) is 10.6 Å². The normalized spacial score (nSPS) is 14.8. The second-order valence-electron chi connectivity index (χ2n) is 6.84. The molecule has 1 amide bonds. The van der Waals surface area contributed by atoms with Gasteiger partial charge >= 0.3 is 0 Å². The van der Waals surface area contributed by atoms with Crippen LogP contribution in [0.1, 0.15) is 28.8 Å². The Hall–Kier alpha value is -2.09. The van der Waals surface area contributed by atoms with E-state index in [-0.39, 0.29) is 29.3 Å². The summed E-state index contributed by atoms with van der Waals surface area (Å²) in [6.45, 7) is 3.66. The summed E-state index contributed by atoms with van der Waals surface area (Å²) >= 11 is 0. The van der Waals surface area contributed by atoms with Crippen LogP contribution in [0.15, 0.2) is 53.4 Å². The summed E-state index contributed by atoms with van der Waals surface area (Å²) < 4.78 is 27.8. The van der Waals surface area contributed by atoms with E-state index in [0.29, 0.717) is 11.3 Å². The highest BCUT2D eigenvalue weighted by Gasteiger charge is 2.23. The molecular weight excluding hydrogens is 398 g/mol. The zero-order chi connectivity index (χ0) is 19.4. The molecule has 3 rings (SSSR count). The van der Waals surface area contributed by atoms with Gasteiger partial charge in [0.15, 0.2) is 0 Å². The van der Waals surface area contributed by atoms with Crippen molar-refractivity contribution in [2.45, 2.75) is 30.7 Å². The van der Waals surface area contributed by atoms with Crippen LogP contribution in [0, 0.1) is 6.92 Å². The van der Waals surface area contributed by atoms with Gasteiger partial charge in [0, 0.05) is 18.7 Å². The summed E-state index contributed by atoms with van der Waals surface area (Å²) in [5.74, 6) is -0.0855. The molecule has 1 fully saturated rings. The van der Waals surface area contributed by atoms with Crippen molar-refractivity contribution < 1.29 is 13.2 Å². The van der Waals surface area contributed by atoms with E-state index in [0.717, 1.165) is 31.5 Å². The van der Waals surface area contributed by atoms with Gasteiger partial charge in [-0.15, -0.1) is 12.4 Å². The minimum absolute atomic E-state index is 0. The molecule has 1 aliphatic heterocycles. The number of hydrogen-bond acceptors (Lipinski definition) is 4. The molecule has 1 saturated heterocycles. The molecule has 0 saturated carbocycles. The third-order valence-corrected chi connectivity index (χ3v) is 6.36. The summed E-state index contributed by atoms with van der Waals surface area (Å²) in [5.41, 5.74) is 1.88. The number of hydrogen-bond donors (Lipinski definition) is 2. The van der Waals surface area contributed by atoms with Crippen LogP contribution in [0.2, 0.25) is 0 Å². The Balaban J connectivity index is 0.00000280. The van der Waals surface area contributed by atoms with Gasteiger partial charge in [-0.05, 0) is 68.8 Å². The Morgan fingerprint density at radius 1 is 1.07 bits per heavy atom. The van der Waals surface area contributed by atoms with E-state index in [1.54, 1.807) is 29.2 Å². The molecule has 8 heteroatoms. The fourth-order valence-electron chi connectivity index (χ4n) is 3.23. The number of para-hydroxylation sites is 1. The van der Waals surface area contributed by atoms with Crippen LogP contribution in [0.3, 0.4) is 0 Å². The van der Waals surface area contributed by atoms with Crippen LogP contribution >= 0.6 is 12.4 Å². The van der Waals surface area contributed by atoms with E-state index in [1.165, 1.54) is 12.1 Å². The zero-order valence-corrected chi connectivity index (χ0v) is 17.6. The van der Waals surface area contributed by atoms with Crippen molar-refractivity contribution in [2.75, 3.05) is 24.9 Å². The predicted octanol–water partition coefficient (Wildman–Crippen LogP) is 3.04. The molecule has 0 radical (unpaired) electrons. The number of sulfonamides is 1. The van der Waals surface area contributed by atoms with E-state index in [2.05, 4.69) is 10.0 Å². The maximum Gasteiger partial charge on any atom is 0.261 e. The Bertz CT molecular complexity index is 911. The second-order valence-corrected chi connectivity index (χ2v) is 8.52. The van der Waals surface area contributed by atoms with Gasteiger partial charge < -0.3 is 10.2 Å². The lowest BCUT2D eigenvalue weighted by Gasteiger charge is -2.31. The Kier molecular flexibility index (Phi) is 7.46. The molecule has 0 spiro atoms. The average molecular weight is 424 g/mol. The van der Waals surface area contributed by atoms with Crippen LogP contribution in [-0.2, 0) is 10.0 Å². The van der Waals surface area contributed by atoms with Crippen molar-refractivity contribution in [1.82, 2.24) is 10.2 Å². The number of nitrogens with zero attached hydrogens (tertiary/aromatic N) is 1. The highest BCUT2D eigenvalue weighted by atomic mass is 35.5. The minimum atomic E-state index is -3.70. The quantitative estimate of drug-likeness (QED) is 0.774. The first-order valence-corrected chi connectivity index (χ1v) is 10.5. The Morgan fingerprint density at radius 2 is 1.68 bits per heavy atom. The van der Waals surface area contributed by atoms with Gasteiger partial charge in [0.1, 0.15) is 0 Å². The molecule has 0 bridgehead atoms. The topological polar surface area (TPSA) is 78.5 Å². The third kappa shape index (κ3) is 5.04. The minimum Gasteiger partial charge on any atom is -0.339 e. The van der Waals surface area contributed by atoms with Gasteiger partial charge in [-0.2, -0.15) is 0 Å². The van der Waals surface area contributed by atoms with Crippen LogP contribution < -0.4 is 10.0 Å². The number of aryl methyl sites for hydroxylation is 1. The molecule has 0 unspecified atom stereocenters. The van der Waals surface area contributed by atoms with E-state index in [4.69, 9.17) is 0 Å². The van der Waals surface area contributed by atoms with Crippen molar-refractivity contribution in [1.29, 1.82) is 0 Å². The Labute approximate surface area is 172 Å². The van der Waals surface area contributed by atoms with Crippen molar-refractivity contribution in [3.05, 3.63) is 59.7 Å². The van der Waals surface area contributed by atoms with Gasteiger partial charge in [0.25, 0.3) is 15.9 Å². The zero-order valence-electron chi connectivity index (χ0n) is 16.0. The van der Waals surface area contributed by atoms with Crippen molar-refractivity contribution in [3.63, 3.8) is 0 Å². The van der Waals surface area contributed by atoms with Gasteiger partial charge in [-0.3, -0.25) is 9.52 Å². The molecule has 28 heavy (non-hydrogen) atoms. The number of amides is 1. The molecule has 2 aromatic rings. The van der Waals surface area contributed by atoms with Gasteiger partial charge in [-0.1, -0.05) is 18.2 Å². The van der Waals surface area contributed by atoms with Crippen LogP contribution in [0.25, 0.3) is 0 Å². The van der Waals surface area contributed by atoms with Crippen LogP contribution in [-0.4, -0.2) is 45.4 Å². The highest BCUT2D eigenvalue weighted by molar-refractivity contribution is 7.92. The largest absolute Gasteiger partial charge is 0.339 e. The second kappa shape index (κ2) is 9.41. The molecule has 0 aliphatic carbocycles. The predicted molar refractivity (Wildman–Crippen MR) is 114 cm³/mol. The molecular formula is C20H26ClN3O3S. The number of halogens is 1. The fraction of sp³-hybridized carbons (Fsp3) is 0.350. The lowest BCUT2D eigenvalue weighted by atomic mass is 10.0. The molecule has 1 aliphatic rings. The number of benzene rings is 2. The summed E-state index contributed by atoms with van der Waals surface area (Å²) in [6, 6.07) is 13.5. The average Bonchev–Trinajstić information content (AvgIpc) is 2.69. The fourth-order valence-corrected chi connectivity index (χ4v) is 4.36. The smallest absolute Gasteiger partial charge is 0.261 e. The monoisotopic (exact) mass is 423 g/mol. The summed E-state index contributed by atoms with van der Waals surface area (Å²) in [5, 5.41) is 3.28. The summed E-state index contributed by atoms with van der Waals surface area (Å²) in [6.07, 6.45) is 1.85. The highest BCUT2D eigenvalue weighted by Crippen LogP contribution is 2.20.